The average molecular weight is 877 g/mol. The van der Waals surface area contributed by atoms with Gasteiger partial charge >= 0.3 is 0 Å². The van der Waals surface area contributed by atoms with Crippen LogP contribution in [0.15, 0.2) is 57.5 Å². The van der Waals surface area contributed by atoms with Gasteiger partial charge in [-0.2, -0.15) is 0 Å². The van der Waals surface area contributed by atoms with E-state index in [1.54, 1.807) is 0 Å². The maximum Gasteiger partial charge on any atom is 0.0700 e. The number of hydrogen-bond donors (Lipinski definition) is 0. The predicted octanol–water partition coefficient (Wildman–Crippen LogP) is 9.52. The van der Waals surface area contributed by atoms with Crippen molar-refractivity contribution < 1.29 is 37.9 Å². The molecule has 298 valence electrons. The summed E-state index contributed by atoms with van der Waals surface area (Å²) in [6.07, 6.45) is 3.29. The highest BCUT2D eigenvalue weighted by Crippen LogP contribution is 2.60. The quantitative estimate of drug-likeness (QED) is 0.0669. The molecule has 0 fully saturated rings. The van der Waals surface area contributed by atoms with Crippen molar-refractivity contribution in [1.29, 1.82) is 0 Å². The number of ether oxygens (including phenoxy) is 8. The molecule has 0 radical (unpaired) electrons. The summed E-state index contributed by atoms with van der Waals surface area (Å²) >= 11 is 7.68. The smallest absolute Gasteiger partial charge is 0.0700 e. The lowest BCUT2D eigenvalue weighted by molar-refractivity contribution is 0.0354. The van der Waals surface area contributed by atoms with E-state index in [1.165, 1.54) is 44.5 Å². The first-order chi connectivity index (χ1) is 26.5. The zero-order chi connectivity index (χ0) is 38.2. The molecule has 0 bridgehead atoms. The first-order valence-corrected chi connectivity index (χ1v) is 21.5. The lowest BCUT2D eigenvalue weighted by atomic mass is 9.71. The van der Waals surface area contributed by atoms with Gasteiger partial charge in [0, 0.05) is 72.6 Å². The zero-order valence-electron chi connectivity index (χ0n) is 32.8. The van der Waals surface area contributed by atoms with Crippen LogP contribution in [0.5, 0.6) is 0 Å². The van der Waals surface area contributed by atoms with Crippen molar-refractivity contribution in [3.63, 3.8) is 0 Å². The maximum absolute atomic E-state index is 6.25. The van der Waals surface area contributed by atoms with E-state index in [0.717, 1.165) is 34.6 Å². The summed E-state index contributed by atoms with van der Waals surface area (Å²) in [5, 5.41) is 0. The fourth-order valence-corrected chi connectivity index (χ4v) is 8.91. The predicted molar refractivity (Wildman–Crippen MR) is 222 cm³/mol. The molecule has 0 atom stereocenters. The minimum absolute atomic E-state index is 0.313. The van der Waals surface area contributed by atoms with Gasteiger partial charge in [-0.05, 0) is 134 Å². The Labute approximate surface area is 340 Å². The summed E-state index contributed by atoms with van der Waals surface area (Å²) in [6, 6.07) is 18.5. The maximum atomic E-state index is 6.25. The van der Waals surface area contributed by atoms with Crippen LogP contribution < -0.4 is 0 Å². The molecule has 10 heteroatoms. The third kappa shape index (κ3) is 10.4. The second kappa shape index (κ2) is 22.3. The summed E-state index contributed by atoms with van der Waals surface area (Å²) in [7, 11) is 0. The van der Waals surface area contributed by atoms with Gasteiger partial charge < -0.3 is 37.9 Å². The molecule has 5 rings (SSSR count). The van der Waals surface area contributed by atoms with Crippen LogP contribution >= 0.6 is 31.9 Å². The lowest BCUT2D eigenvalue weighted by Gasteiger charge is -2.34. The average Bonchev–Trinajstić information content (AvgIpc) is 3.58. The van der Waals surface area contributed by atoms with Crippen molar-refractivity contribution in [3.8, 4) is 22.3 Å². The Morgan fingerprint density at radius 3 is 0.926 bits per heavy atom. The molecule has 0 N–H and O–H groups in total. The molecule has 0 heterocycles. The SMILES string of the molecule is CCOCCOCCC1(CCOCCOCC)c2cc(Br)ccc2-c2cc3c(cc21)-c1ccc(Br)cc1C3(CCOCCOCC)CCOCCOCC. The van der Waals surface area contributed by atoms with Gasteiger partial charge in [0.25, 0.3) is 0 Å². The Balaban J connectivity index is 1.59. The molecule has 0 saturated heterocycles. The summed E-state index contributed by atoms with van der Waals surface area (Å²) in [5.41, 5.74) is 9.78. The molecule has 0 aliphatic heterocycles. The Bertz CT molecular complexity index is 1450. The largest absolute Gasteiger partial charge is 0.379 e. The Hall–Kier alpha value is -1.70. The highest BCUT2D eigenvalue weighted by Gasteiger charge is 2.48. The molecule has 2 aliphatic carbocycles. The Morgan fingerprint density at radius 2 is 0.630 bits per heavy atom. The molecule has 0 unspecified atom stereocenters. The number of rotatable bonds is 28. The fraction of sp³-hybridized carbons (Fsp3) is 0.591. The van der Waals surface area contributed by atoms with Crippen LogP contribution in [-0.4, -0.2) is 106 Å². The van der Waals surface area contributed by atoms with E-state index in [9.17, 15) is 0 Å². The number of halogens is 2. The normalized spacial score (nSPS) is 14.6. The van der Waals surface area contributed by atoms with Gasteiger partial charge in [0.05, 0.1) is 52.9 Å². The molecular weight excluding hydrogens is 816 g/mol. The summed E-state index contributed by atoms with van der Waals surface area (Å²) < 4.78 is 49.5. The minimum Gasteiger partial charge on any atom is -0.379 e. The highest BCUT2D eigenvalue weighted by atomic mass is 79.9. The van der Waals surface area contributed by atoms with Gasteiger partial charge in [0.2, 0.25) is 0 Å². The van der Waals surface area contributed by atoms with Gasteiger partial charge in [-0.1, -0.05) is 44.0 Å². The number of fused-ring (bicyclic) bond motifs is 6. The van der Waals surface area contributed by atoms with Gasteiger partial charge in [-0.25, -0.2) is 0 Å². The van der Waals surface area contributed by atoms with E-state index >= 15 is 0 Å². The monoisotopic (exact) mass is 874 g/mol. The van der Waals surface area contributed by atoms with Crippen molar-refractivity contribution in [3.05, 3.63) is 79.7 Å². The second-order valence-corrected chi connectivity index (χ2v) is 15.6. The van der Waals surface area contributed by atoms with E-state index < -0.39 is 0 Å². The van der Waals surface area contributed by atoms with Crippen molar-refractivity contribution >= 4 is 31.9 Å². The van der Waals surface area contributed by atoms with E-state index in [2.05, 4.69) is 80.4 Å². The summed E-state index contributed by atoms with van der Waals surface area (Å²) in [5.74, 6) is 0. The third-order valence-electron chi connectivity index (χ3n) is 10.8. The Morgan fingerprint density at radius 1 is 0.352 bits per heavy atom. The van der Waals surface area contributed by atoms with E-state index in [0.29, 0.717) is 106 Å². The van der Waals surface area contributed by atoms with Crippen LogP contribution in [0, 0.1) is 0 Å². The highest BCUT2D eigenvalue weighted by molar-refractivity contribution is 9.10. The molecule has 0 saturated carbocycles. The van der Waals surface area contributed by atoms with Crippen LogP contribution in [0.25, 0.3) is 22.3 Å². The van der Waals surface area contributed by atoms with Gasteiger partial charge in [-0.3, -0.25) is 0 Å². The number of hydrogen-bond acceptors (Lipinski definition) is 8. The van der Waals surface area contributed by atoms with Crippen LogP contribution in [0.2, 0.25) is 0 Å². The fourth-order valence-electron chi connectivity index (χ4n) is 8.19. The summed E-state index contributed by atoms with van der Waals surface area (Å²) in [6.45, 7) is 17.9. The minimum atomic E-state index is -0.313. The summed E-state index contributed by atoms with van der Waals surface area (Å²) in [4.78, 5) is 0. The standard InChI is InChI=1S/C44H60Br2O8/c1-5-47-21-25-51-17-13-43(14-18-52-26-22-48-6-2)39-29-33(45)9-11-35(39)37-32-42-38(31-41(37)43)36-12-10-34(46)30-40(36)44(42,15-19-53-27-23-49-7-3)16-20-54-28-24-50-8-4/h9-12,29-32H,5-8,13-28H2,1-4H3. The first kappa shape index (κ1) is 43.4. The van der Waals surface area contributed by atoms with E-state index in [1.807, 2.05) is 27.7 Å². The molecule has 0 amide bonds. The molecule has 54 heavy (non-hydrogen) atoms. The molecular formula is C44H60Br2O8. The van der Waals surface area contributed by atoms with Crippen molar-refractivity contribution in [2.75, 3.05) is 106 Å². The molecule has 8 nitrogen and oxygen atoms in total. The molecule has 0 aromatic heterocycles. The lowest BCUT2D eigenvalue weighted by Crippen LogP contribution is -2.31. The number of benzene rings is 3. The van der Waals surface area contributed by atoms with Crippen molar-refractivity contribution in [1.82, 2.24) is 0 Å². The second-order valence-electron chi connectivity index (χ2n) is 13.7. The van der Waals surface area contributed by atoms with Crippen LogP contribution in [-0.2, 0) is 48.7 Å². The molecule has 0 spiro atoms. The van der Waals surface area contributed by atoms with Crippen LogP contribution in [0.4, 0.5) is 0 Å². The zero-order valence-corrected chi connectivity index (χ0v) is 36.0. The molecule has 3 aromatic carbocycles. The van der Waals surface area contributed by atoms with Crippen molar-refractivity contribution in [2.45, 2.75) is 64.2 Å². The van der Waals surface area contributed by atoms with E-state index in [4.69, 9.17) is 37.9 Å². The topological polar surface area (TPSA) is 73.8 Å². The van der Waals surface area contributed by atoms with Gasteiger partial charge in [-0.15, -0.1) is 0 Å². The van der Waals surface area contributed by atoms with Gasteiger partial charge in [0.15, 0.2) is 0 Å². The van der Waals surface area contributed by atoms with Crippen molar-refractivity contribution in [2.24, 2.45) is 0 Å². The van der Waals surface area contributed by atoms with Gasteiger partial charge in [0.1, 0.15) is 0 Å². The molecule has 3 aromatic rings. The van der Waals surface area contributed by atoms with E-state index in [-0.39, 0.29) is 10.8 Å². The third-order valence-corrected chi connectivity index (χ3v) is 11.7. The van der Waals surface area contributed by atoms with Crippen LogP contribution in [0.3, 0.4) is 0 Å². The first-order valence-electron chi connectivity index (χ1n) is 19.9. The Kier molecular flexibility index (Phi) is 17.9. The van der Waals surface area contributed by atoms with Crippen LogP contribution in [0.1, 0.15) is 75.6 Å². The molecule has 2 aliphatic rings.